The Hall–Kier alpha value is -1.69. The summed E-state index contributed by atoms with van der Waals surface area (Å²) in [7, 11) is 3.40. The second-order valence-corrected chi connectivity index (χ2v) is 5.46. The van der Waals surface area contributed by atoms with E-state index in [0.717, 1.165) is 25.3 Å². The Bertz CT molecular complexity index is 416. The summed E-state index contributed by atoms with van der Waals surface area (Å²) in [6.45, 7) is 6.72. The van der Waals surface area contributed by atoms with Crippen LogP contribution in [0.15, 0.2) is 12.1 Å². The summed E-state index contributed by atoms with van der Waals surface area (Å²) in [4.78, 5) is 15.4. The molecule has 0 aliphatic carbocycles. The number of carbonyl (C=O) groups excluding carboxylic acids is 1. The molecule has 6 heteroatoms. The van der Waals surface area contributed by atoms with Crippen molar-refractivity contribution in [3.8, 4) is 0 Å². The van der Waals surface area contributed by atoms with Crippen LogP contribution in [0, 0.1) is 5.92 Å². The second-order valence-electron chi connectivity index (χ2n) is 5.46. The molecular weight excluding hydrogens is 254 g/mol. The maximum atomic E-state index is 11.8. The lowest BCUT2D eigenvalue weighted by Gasteiger charge is -2.25. The highest BCUT2D eigenvalue weighted by atomic mass is 16.2. The minimum absolute atomic E-state index is 0.138. The van der Waals surface area contributed by atoms with E-state index in [0.29, 0.717) is 18.2 Å². The van der Waals surface area contributed by atoms with E-state index in [1.54, 1.807) is 20.2 Å². The third-order valence-electron chi connectivity index (χ3n) is 2.82. The maximum absolute atomic E-state index is 11.8. The van der Waals surface area contributed by atoms with Gasteiger partial charge in [0.2, 0.25) is 0 Å². The van der Waals surface area contributed by atoms with Crippen LogP contribution in [-0.2, 0) is 0 Å². The quantitative estimate of drug-likeness (QED) is 0.805. The average molecular weight is 279 g/mol. The fourth-order valence-corrected chi connectivity index (χ4v) is 1.86. The highest BCUT2D eigenvalue weighted by Gasteiger charge is 2.13. The largest absolute Gasteiger partial charge is 0.355 e. The molecule has 112 valence electrons. The van der Waals surface area contributed by atoms with Crippen LogP contribution in [-0.4, -0.2) is 54.7 Å². The molecule has 0 aliphatic heterocycles. The normalized spacial score (nSPS) is 10.7. The zero-order chi connectivity index (χ0) is 15.1. The molecule has 1 rings (SSSR count). The fraction of sp³-hybridized carbons (Fsp3) is 0.643. The summed E-state index contributed by atoms with van der Waals surface area (Å²) in [5.74, 6) is 1.18. The van der Waals surface area contributed by atoms with Crippen molar-refractivity contribution in [2.24, 2.45) is 11.7 Å². The van der Waals surface area contributed by atoms with Crippen LogP contribution in [0.25, 0.3) is 0 Å². The molecule has 0 aliphatic rings. The Kier molecular flexibility index (Phi) is 6.38. The molecule has 20 heavy (non-hydrogen) atoms. The standard InChI is InChI=1S/C14H25N5O/c1-11(2)10-19(9-5-8-15)13-7-6-12(16-17-13)14(20)18(3)4/h6-7,11H,5,8-10,15H2,1-4H3. The summed E-state index contributed by atoms with van der Waals surface area (Å²) in [5, 5.41) is 8.20. The highest BCUT2D eigenvalue weighted by Crippen LogP contribution is 2.13. The van der Waals surface area contributed by atoms with Crippen molar-refractivity contribution in [1.82, 2.24) is 15.1 Å². The molecular formula is C14H25N5O. The van der Waals surface area contributed by atoms with Gasteiger partial charge in [0.25, 0.3) is 5.91 Å². The molecule has 6 nitrogen and oxygen atoms in total. The minimum atomic E-state index is -0.138. The molecule has 0 saturated carbocycles. The molecule has 0 bridgehead atoms. The van der Waals surface area contributed by atoms with E-state index >= 15 is 0 Å². The van der Waals surface area contributed by atoms with E-state index in [-0.39, 0.29) is 5.91 Å². The highest BCUT2D eigenvalue weighted by molar-refractivity contribution is 5.91. The molecule has 0 saturated heterocycles. The summed E-state index contributed by atoms with van der Waals surface area (Å²) in [6.07, 6.45) is 0.910. The number of hydrogen-bond donors (Lipinski definition) is 1. The topological polar surface area (TPSA) is 75.3 Å². The number of carbonyl (C=O) groups is 1. The predicted octanol–water partition coefficient (Wildman–Crippen LogP) is 0.990. The third-order valence-corrected chi connectivity index (χ3v) is 2.82. The van der Waals surface area contributed by atoms with E-state index in [1.807, 2.05) is 6.07 Å². The number of amides is 1. The lowest BCUT2D eigenvalue weighted by atomic mass is 10.2. The molecule has 0 atom stereocenters. The van der Waals surface area contributed by atoms with Crippen LogP contribution in [0.4, 0.5) is 5.82 Å². The Balaban J connectivity index is 2.83. The van der Waals surface area contributed by atoms with Crippen LogP contribution in [0.5, 0.6) is 0 Å². The lowest BCUT2D eigenvalue weighted by molar-refractivity contribution is 0.0821. The number of rotatable bonds is 7. The van der Waals surface area contributed by atoms with Crippen molar-refractivity contribution in [2.75, 3.05) is 38.6 Å². The smallest absolute Gasteiger partial charge is 0.273 e. The van der Waals surface area contributed by atoms with Gasteiger partial charge in [0.1, 0.15) is 0 Å². The van der Waals surface area contributed by atoms with Gasteiger partial charge in [-0.15, -0.1) is 10.2 Å². The monoisotopic (exact) mass is 279 g/mol. The van der Waals surface area contributed by atoms with Gasteiger partial charge < -0.3 is 15.5 Å². The summed E-state index contributed by atoms with van der Waals surface area (Å²) in [5.41, 5.74) is 5.93. The Morgan fingerprint density at radius 1 is 1.30 bits per heavy atom. The van der Waals surface area contributed by atoms with Gasteiger partial charge in [0.15, 0.2) is 11.5 Å². The van der Waals surface area contributed by atoms with Crippen molar-refractivity contribution in [1.29, 1.82) is 0 Å². The number of hydrogen-bond acceptors (Lipinski definition) is 5. The van der Waals surface area contributed by atoms with Gasteiger partial charge in [0, 0.05) is 27.2 Å². The van der Waals surface area contributed by atoms with Gasteiger partial charge in [-0.2, -0.15) is 0 Å². The van der Waals surface area contributed by atoms with Gasteiger partial charge in [-0.25, -0.2) is 0 Å². The van der Waals surface area contributed by atoms with E-state index in [4.69, 9.17) is 5.73 Å². The lowest BCUT2D eigenvalue weighted by Crippen LogP contribution is -2.31. The number of anilines is 1. The molecule has 0 fully saturated rings. The van der Waals surface area contributed by atoms with Crippen LogP contribution in [0.2, 0.25) is 0 Å². The number of nitrogens with two attached hydrogens (primary N) is 1. The first-order chi connectivity index (χ1) is 9.45. The van der Waals surface area contributed by atoms with Gasteiger partial charge in [0.05, 0.1) is 0 Å². The van der Waals surface area contributed by atoms with Crippen LogP contribution >= 0.6 is 0 Å². The molecule has 0 unspecified atom stereocenters. The van der Waals surface area contributed by atoms with Gasteiger partial charge >= 0.3 is 0 Å². The van der Waals surface area contributed by atoms with Gasteiger partial charge in [-0.3, -0.25) is 4.79 Å². The van der Waals surface area contributed by atoms with E-state index < -0.39 is 0 Å². The number of nitrogens with zero attached hydrogens (tertiary/aromatic N) is 4. The summed E-state index contributed by atoms with van der Waals surface area (Å²) in [6, 6.07) is 3.57. The molecule has 1 aromatic rings. The van der Waals surface area contributed by atoms with E-state index in [2.05, 4.69) is 28.9 Å². The van der Waals surface area contributed by atoms with E-state index in [1.165, 1.54) is 4.90 Å². The Morgan fingerprint density at radius 2 is 2.00 bits per heavy atom. The minimum Gasteiger partial charge on any atom is -0.355 e. The zero-order valence-electron chi connectivity index (χ0n) is 12.8. The Labute approximate surface area is 121 Å². The van der Waals surface area contributed by atoms with Gasteiger partial charge in [-0.1, -0.05) is 13.8 Å². The van der Waals surface area contributed by atoms with Crippen LogP contribution in [0.1, 0.15) is 30.8 Å². The van der Waals surface area contributed by atoms with Crippen LogP contribution in [0.3, 0.4) is 0 Å². The van der Waals surface area contributed by atoms with Crippen molar-refractivity contribution in [3.63, 3.8) is 0 Å². The fourth-order valence-electron chi connectivity index (χ4n) is 1.86. The average Bonchev–Trinajstić information content (AvgIpc) is 2.42. The second kappa shape index (κ2) is 7.79. The Morgan fingerprint density at radius 3 is 2.45 bits per heavy atom. The molecule has 1 aromatic heterocycles. The van der Waals surface area contributed by atoms with Crippen molar-refractivity contribution >= 4 is 11.7 Å². The molecule has 0 spiro atoms. The van der Waals surface area contributed by atoms with Crippen molar-refractivity contribution in [2.45, 2.75) is 20.3 Å². The first-order valence-electron chi connectivity index (χ1n) is 6.96. The molecule has 1 heterocycles. The van der Waals surface area contributed by atoms with Crippen LogP contribution < -0.4 is 10.6 Å². The molecule has 2 N–H and O–H groups in total. The molecule has 0 aromatic carbocycles. The van der Waals surface area contributed by atoms with Crippen molar-refractivity contribution < 1.29 is 4.79 Å². The zero-order valence-corrected chi connectivity index (χ0v) is 12.8. The summed E-state index contributed by atoms with van der Waals surface area (Å²) >= 11 is 0. The first kappa shape index (κ1) is 16.4. The molecule has 1 amide bonds. The predicted molar refractivity (Wildman–Crippen MR) is 80.8 cm³/mol. The SMILES string of the molecule is CC(C)CN(CCCN)c1ccc(C(=O)N(C)C)nn1. The van der Waals surface area contributed by atoms with E-state index in [9.17, 15) is 4.79 Å². The number of aromatic nitrogens is 2. The third kappa shape index (κ3) is 4.77. The summed E-state index contributed by atoms with van der Waals surface area (Å²) < 4.78 is 0. The van der Waals surface area contributed by atoms with Gasteiger partial charge in [-0.05, 0) is 31.0 Å². The first-order valence-corrected chi connectivity index (χ1v) is 6.96. The molecule has 0 radical (unpaired) electrons. The van der Waals surface area contributed by atoms with Crippen molar-refractivity contribution in [3.05, 3.63) is 17.8 Å². The maximum Gasteiger partial charge on any atom is 0.273 e.